The van der Waals surface area contributed by atoms with E-state index in [1.54, 1.807) is 12.3 Å². The Hall–Kier alpha value is -2.54. The molecule has 0 radical (unpaired) electrons. The van der Waals surface area contributed by atoms with Crippen LogP contribution in [0.4, 0.5) is 10.2 Å². The lowest BCUT2D eigenvalue weighted by atomic mass is 9.83. The van der Waals surface area contributed by atoms with E-state index >= 15 is 0 Å². The van der Waals surface area contributed by atoms with E-state index in [9.17, 15) is 4.39 Å². The quantitative estimate of drug-likeness (QED) is 0.327. The van der Waals surface area contributed by atoms with E-state index < -0.39 is 0 Å². The summed E-state index contributed by atoms with van der Waals surface area (Å²) in [5.41, 5.74) is 3.56. The molecule has 0 spiro atoms. The van der Waals surface area contributed by atoms with Crippen molar-refractivity contribution in [3.05, 3.63) is 76.8 Å². The fourth-order valence-corrected chi connectivity index (χ4v) is 4.76. The molecule has 1 fully saturated rings. The standard InChI is InChI=1S/C27H32ClFN4O/c28-25-18-31-23(15-19-8-10-22(11-9-19)30-12-3-13-34)16-24(25)26-6-2-7-27(33-26)32-17-20-4-1-5-21(29)14-20/h1-2,4-7,14,16,18-19,22,30,34H,3,8-13,15,17H2,(H,32,33). The van der Waals surface area contributed by atoms with Gasteiger partial charge in [0.25, 0.3) is 0 Å². The van der Waals surface area contributed by atoms with E-state index in [1.165, 1.54) is 25.0 Å². The number of halogens is 2. The van der Waals surface area contributed by atoms with Crippen LogP contribution < -0.4 is 10.6 Å². The third-order valence-corrected chi connectivity index (χ3v) is 6.71. The van der Waals surface area contributed by atoms with E-state index in [0.717, 1.165) is 54.7 Å². The van der Waals surface area contributed by atoms with Crippen molar-refractivity contribution >= 4 is 17.4 Å². The topological polar surface area (TPSA) is 70.1 Å². The first kappa shape index (κ1) is 24.6. The summed E-state index contributed by atoms with van der Waals surface area (Å²) in [4.78, 5) is 9.32. The van der Waals surface area contributed by atoms with E-state index in [-0.39, 0.29) is 12.4 Å². The van der Waals surface area contributed by atoms with Gasteiger partial charge in [0.05, 0.1) is 10.7 Å². The average Bonchev–Trinajstić information content (AvgIpc) is 2.85. The summed E-state index contributed by atoms with van der Waals surface area (Å²) < 4.78 is 13.4. The van der Waals surface area contributed by atoms with Gasteiger partial charge in [-0.1, -0.05) is 29.8 Å². The Kier molecular flexibility index (Phi) is 8.85. The summed E-state index contributed by atoms with van der Waals surface area (Å²) in [5.74, 6) is 1.08. The number of anilines is 1. The summed E-state index contributed by atoms with van der Waals surface area (Å²) in [5, 5.41) is 16.3. The summed E-state index contributed by atoms with van der Waals surface area (Å²) in [6.07, 6.45) is 8.15. The number of aliphatic hydroxyl groups excluding tert-OH is 1. The second-order valence-corrected chi connectivity index (χ2v) is 9.41. The summed E-state index contributed by atoms with van der Waals surface area (Å²) in [6, 6.07) is 14.9. The zero-order valence-electron chi connectivity index (χ0n) is 19.3. The van der Waals surface area contributed by atoms with E-state index in [2.05, 4.69) is 21.7 Å². The van der Waals surface area contributed by atoms with Crippen molar-refractivity contribution in [3.8, 4) is 11.3 Å². The molecule has 0 atom stereocenters. The van der Waals surface area contributed by atoms with Crippen LogP contribution >= 0.6 is 11.6 Å². The molecule has 1 aliphatic rings. The highest BCUT2D eigenvalue weighted by Crippen LogP contribution is 2.31. The van der Waals surface area contributed by atoms with Gasteiger partial charge in [-0.2, -0.15) is 0 Å². The molecule has 5 nitrogen and oxygen atoms in total. The van der Waals surface area contributed by atoms with E-state index in [4.69, 9.17) is 21.7 Å². The molecule has 2 heterocycles. The molecule has 0 bridgehead atoms. The predicted molar refractivity (Wildman–Crippen MR) is 135 cm³/mol. The monoisotopic (exact) mass is 482 g/mol. The van der Waals surface area contributed by atoms with Gasteiger partial charge in [0.1, 0.15) is 11.6 Å². The molecule has 0 aliphatic heterocycles. The van der Waals surface area contributed by atoms with E-state index in [1.807, 2.05) is 24.3 Å². The third-order valence-electron chi connectivity index (χ3n) is 6.41. The molecule has 3 N–H and O–H groups in total. The number of rotatable bonds is 10. The zero-order chi connectivity index (χ0) is 23.8. The summed E-state index contributed by atoms with van der Waals surface area (Å²) in [7, 11) is 0. The van der Waals surface area contributed by atoms with Crippen molar-refractivity contribution < 1.29 is 9.50 Å². The van der Waals surface area contributed by atoms with Crippen molar-refractivity contribution in [3.63, 3.8) is 0 Å². The maximum atomic E-state index is 13.4. The molecule has 0 amide bonds. The first-order chi connectivity index (χ1) is 16.6. The van der Waals surface area contributed by atoms with Gasteiger partial charge >= 0.3 is 0 Å². The van der Waals surface area contributed by atoms with Gasteiger partial charge in [-0.3, -0.25) is 4.98 Å². The van der Waals surface area contributed by atoms with Crippen molar-refractivity contribution in [2.75, 3.05) is 18.5 Å². The lowest BCUT2D eigenvalue weighted by molar-refractivity contribution is 0.262. The van der Waals surface area contributed by atoms with Gasteiger partial charge in [-0.25, -0.2) is 9.37 Å². The second-order valence-electron chi connectivity index (χ2n) is 9.00. The van der Waals surface area contributed by atoms with Gasteiger partial charge in [-0.05, 0) is 86.9 Å². The number of hydrogen-bond donors (Lipinski definition) is 3. The van der Waals surface area contributed by atoms with Crippen molar-refractivity contribution in [1.29, 1.82) is 0 Å². The number of pyridine rings is 2. The summed E-state index contributed by atoms with van der Waals surface area (Å²) >= 11 is 6.51. The van der Waals surface area contributed by atoms with Crippen LogP contribution in [0.1, 0.15) is 43.4 Å². The minimum Gasteiger partial charge on any atom is -0.396 e. The number of aliphatic hydroxyl groups is 1. The lowest BCUT2D eigenvalue weighted by Crippen LogP contribution is -2.34. The highest BCUT2D eigenvalue weighted by Gasteiger charge is 2.21. The smallest absolute Gasteiger partial charge is 0.126 e. The maximum Gasteiger partial charge on any atom is 0.126 e. The molecule has 180 valence electrons. The largest absolute Gasteiger partial charge is 0.396 e. The second kappa shape index (κ2) is 12.2. The SMILES string of the molecule is OCCCNC1CCC(Cc2cc(-c3cccc(NCc4cccc(F)c4)n3)c(Cl)cn2)CC1. The van der Waals surface area contributed by atoms with Crippen LogP contribution in [0.2, 0.25) is 5.02 Å². The minimum atomic E-state index is -0.247. The molecule has 1 saturated carbocycles. The molecule has 1 aromatic carbocycles. The van der Waals surface area contributed by atoms with Crippen molar-refractivity contribution in [2.24, 2.45) is 5.92 Å². The van der Waals surface area contributed by atoms with Crippen LogP contribution in [0.25, 0.3) is 11.3 Å². The normalized spacial score (nSPS) is 18.1. The molecule has 0 unspecified atom stereocenters. The van der Waals surface area contributed by atoms with Crippen LogP contribution in [0.15, 0.2) is 54.7 Å². The molecule has 4 rings (SSSR count). The fourth-order valence-electron chi connectivity index (χ4n) is 4.56. The van der Waals surface area contributed by atoms with Crippen LogP contribution in [-0.4, -0.2) is 34.3 Å². The highest BCUT2D eigenvalue weighted by atomic mass is 35.5. The molecule has 34 heavy (non-hydrogen) atoms. The van der Waals surface area contributed by atoms with Crippen molar-refractivity contribution in [2.45, 2.75) is 51.1 Å². The molecule has 0 saturated heterocycles. The lowest BCUT2D eigenvalue weighted by Gasteiger charge is -2.29. The number of nitrogens with zero attached hydrogens (tertiary/aromatic N) is 2. The summed E-state index contributed by atoms with van der Waals surface area (Å²) in [6.45, 7) is 1.62. The van der Waals surface area contributed by atoms with Gasteiger partial charge in [0.15, 0.2) is 0 Å². The Balaban J connectivity index is 1.38. The van der Waals surface area contributed by atoms with Gasteiger partial charge in [-0.15, -0.1) is 0 Å². The Morgan fingerprint density at radius 2 is 1.88 bits per heavy atom. The first-order valence-electron chi connectivity index (χ1n) is 12.0. The molecule has 1 aliphatic carbocycles. The van der Waals surface area contributed by atoms with Gasteiger partial charge < -0.3 is 15.7 Å². The first-order valence-corrected chi connectivity index (χ1v) is 12.4. The molecular weight excluding hydrogens is 451 g/mol. The molecular formula is C27H32ClFN4O. The van der Waals surface area contributed by atoms with Crippen LogP contribution in [0.5, 0.6) is 0 Å². The zero-order valence-corrected chi connectivity index (χ0v) is 20.1. The number of aromatic nitrogens is 2. The van der Waals surface area contributed by atoms with Gasteiger partial charge in [0, 0.05) is 36.6 Å². The molecule has 3 aromatic rings. The fraction of sp³-hybridized carbons (Fsp3) is 0.407. The van der Waals surface area contributed by atoms with Crippen LogP contribution in [0.3, 0.4) is 0 Å². The predicted octanol–water partition coefficient (Wildman–Crippen LogP) is 5.62. The van der Waals surface area contributed by atoms with E-state index in [0.29, 0.717) is 29.3 Å². The Labute approximate surface area is 205 Å². The minimum absolute atomic E-state index is 0.244. The van der Waals surface area contributed by atoms with Crippen LogP contribution in [-0.2, 0) is 13.0 Å². The Bertz CT molecular complexity index is 1070. The van der Waals surface area contributed by atoms with Crippen LogP contribution in [0, 0.1) is 11.7 Å². The van der Waals surface area contributed by atoms with Gasteiger partial charge in [0.2, 0.25) is 0 Å². The average molecular weight is 483 g/mol. The molecule has 7 heteroatoms. The van der Waals surface area contributed by atoms with Crippen molar-refractivity contribution in [1.82, 2.24) is 15.3 Å². The molecule has 2 aromatic heterocycles. The number of benzene rings is 1. The number of hydrogen-bond acceptors (Lipinski definition) is 5. The Morgan fingerprint density at radius 3 is 2.68 bits per heavy atom. The number of nitrogens with one attached hydrogen (secondary N) is 2. The maximum absolute atomic E-state index is 13.4. The highest BCUT2D eigenvalue weighted by molar-refractivity contribution is 6.33. The Morgan fingerprint density at radius 1 is 1.06 bits per heavy atom. The third kappa shape index (κ3) is 6.98.